The van der Waals surface area contributed by atoms with Gasteiger partial charge in [0, 0.05) is 5.92 Å². The topological polar surface area (TPSA) is 23.8 Å². The molecule has 0 spiro atoms. The number of hydrogen-bond acceptors (Lipinski definition) is 1. The number of halogens is 1. The van der Waals surface area contributed by atoms with Crippen molar-refractivity contribution in [3.05, 3.63) is 41.8 Å². The lowest BCUT2D eigenvalue weighted by molar-refractivity contribution is 0.465. The Labute approximate surface area is 77.8 Å². The van der Waals surface area contributed by atoms with Crippen LogP contribution in [0.5, 0.6) is 0 Å². The molecule has 0 aliphatic heterocycles. The van der Waals surface area contributed by atoms with Gasteiger partial charge in [0.25, 0.3) is 0 Å². The lowest BCUT2D eigenvalue weighted by Gasteiger charge is -2.08. The molecule has 1 rings (SSSR count). The van der Waals surface area contributed by atoms with Gasteiger partial charge in [-0.25, -0.2) is 0 Å². The van der Waals surface area contributed by atoms with Crippen molar-refractivity contribution in [3.63, 3.8) is 0 Å². The minimum atomic E-state index is -0.492. The SMILES string of the molecule is [CH2]C(CF)c1cc(C)cc(C#N)c1. The van der Waals surface area contributed by atoms with Crippen molar-refractivity contribution in [1.82, 2.24) is 0 Å². The Morgan fingerprint density at radius 3 is 2.77 bits per heavy atom. The average molecular weight is 176 g/mol. The molecule has 0 aliphatic carbocycles. The molecule has 1 unspecified atom stereocenters. The van der Waals surface area contributed by atoms with Crippen LogP contribution in [0, 0.1) is 25.2 Å². The number of alkyl halides is 1. The van der Waals surface area contributed by atoms with Crippen molar-refractivity contribution < 1.29 is 4.39 Å². The van der Waals surface area contributed by atoms with Gasteiger partial charge < -0.3 is 0 Å². The number of benzene rings is 1. The van der Waals surface area contributed by atoms with Crippen molar-refractivity contribution in [3.8, 4) is 6.07 Å². The Hall–Kier alpha value is -1.36. The van der Waals surface area contributed by atoms with Crippen molar-refractivity contribution >= 4 is 0 Å². The minimum absolute atomic E-state index is 0.369. The minimum Gasteiger partial charge on any atom is -0.250 e. The summed E-state index contributed by atoms with van der Waals surface area (Å²) < 4.78 is 12.3. The molecule has 2 heteroatoms. The van der Waals surface area contributed by atoms with Gasteiger partial charge in [-0.1, -0.05) is 6.07 Å². The van der Waals surface area contributed by atoms with Gasteiger partial charge in [-0.3, -0.25) is 4.39 Å². The maximum atomic E-state index is 12.3. The molecule has 0 heterocycles. The molecule has 0 fully saturated rings. The number of nitrogens with zero attached hydrogens (tertiary/aromatic N) is 1. The third-order valence-electron chi connectivity index (χ3n) is 1.89. The monoisotopic (exact) mass is 176 g/mol. The van der Waals surface area contributed by atoms with Crippen LogP contribution in [0.1, 0.15) is 22.6 Å². The summed E-state index contributed by atoms with van der Waals surface area (Å²) in [6.45, 7) is 5.05. The lowest BCUT2D eigenvalue weighted by Crippen LogP contribution is -1.97. The summed E-state index contributed by atoms with van der Waals surface area (Å²) in [6, 6.07) is 7.35. The van der Waals surface area contributed by atoms with E-state index in [9.17, 15) is 4.39 Å². The third kappa shape index (κ3) is 2.29. The smallest absolute Gasteiger partial charge is 0.0991 e. The van der Waals surface area contributed by atoms with Crippen LogP contribution in [-0.4, -0.2) is 6.67 Å². The summed E-state index contributed by atoms with van der Waals surface area (Å²) in [4.78, 5) is 0. The van der Waals surface area contributed by atoms with Gasteiger partial charge in [-0.05, 0) is 37.1 Å². The maximum absolute atomic E-state index is 12.3. The van der Waals surface area contributed by atoms with Gasteiger partial charge in [0.05, 0.1) is 18.3 Å². The van der Waals surface area contributed by atoms with E-state index in [2.05, 4.69) is 6.92 Å². The Balaban J connectivity index is 3.10. The first-order chi connectivity index (χ1) is 6.17. The van der Waals surface area contributed by atoms with Crippen LogP contribution in [0.25, 0.3) is 0 Å². The van der Waals surface area contributed by atoms with Gasteiger partial charge in [0.15, 0.2) is 0 Å². The van der Waals surface area contributed by atoms with E-state index in [-0.39, 0.29) is 5.92 Å². The highest BCUT2D eigenvalue weighted by Gasteiger charge is 2.06. The molecule has 13 heavy (non-hydrogen) atoms. The summed E-state index contributed by atoms with van der Waals surface area (Å²) in [5, 5.41) is 8.68. The van der Waals surface area contributed by atoms with Crippen LogP contribution in [0.2, 0.25) is 0 Å². The highest BCUT2D eigenvalue weighted by atomic mass is 19.1. The molecule has 0 amide bonds. The molecular formula is C11H11FN. The summed E-state index contributed by atoms with van der Waals surface area (Å²) >= 11 is 0. The summed E-state index contributed by atoms with van der Waals surface area (Å²) in [6.07, 6.45) is 0. The predicted molar refractivity (Wildman–Crippen MR) is 50.0 cm³/mol. The van der Waals surface area contributed by atoms with Crippen molar-refractivity contribution in [1.29, 1.82) is 5.26 Å². The zero-order valence-corrected chi connectivity index (χ0v) is 7.55. The molecule has 0 aromatic heterocycles. The molecule has 1 nitrogen and oxygen atoms in total. The van der Waals surface area contributed by atoms with Crippen molar-refractivity contribution in [2.45, 2.75) is 12.8 Å². The maximum Gasteiger partial charge on any atom is 0.0991 e. The average Bonchev–Trinajstić information content (AvgIpc) is 2.15. The Bertz CT molecular complexity index is 338. The second-order valence-corrected chi connectivity index (χ2v) is 3.10. The molecule has 0 saturated carbocycles. The second kappa shape index (κ2) is 4.04. The van der Waals surface area contributed by atoms with Crippen LogP contribution in [0.3, 0.4) is 0 Å². The van der Waals surface area contributed by atoms with Gasteiger partial charge >= 0.3 is 0 Å². The lowest BCUT2D eigenvalue weighted by atomic mass is 9.98. The fraction of sp³-hybridized carbons (Fsp3) is 0.273. The van der Waals surface area contributed by atoms with E-state index in [1.165, 1.54) is 0 Å². The van der Waals surface area contributed by atoms with Crippen LogP contribution in [-0.2, 0) is 0 Å². The van der Waals surface area contributed by atoms with Crippen molar-refractivity contribution in [2.75, 3.05) is 6.67 Å². The highest BCUT2D eigenvalue weighted by Crippen LogP contribution is 2.18. The fourth-order valence-electron chi connectivity index (χ4n) is 1.20. The quantitative estimate of drug-likeness (QED) is 0.679. The van der Waals surface area contributed by atoms with Gasteiger partial charge in [0.1, 0.15) is 0 Å². The number of rotatable bonds is 2. The first-order valence-electron chi connectivity index (χ1n) is 4.08. The van der Waals surface area contributed by atoms with Crippen molar-refractivity contribution in [2.24, 2.45) is 0 Å². The van der Waals surface area contributed by atoms with Gasteiger partial charge in [-0.15, -0.1) is 0 Å². The standard InChI is InChI=1S/C11H11FN/c1-8-3-10(7-13)5-11(4-8)9(2)6-12/h3-5,9H,2,6H2,1H3. The molecule has 0 aliphatic rings. The van der Waals surface area contributed by atoms with Gasteiger partial charge in [-0.2, -0.15) is 5.26 Å². The Morgan fingerprint density at radius 2 is 2.23 bits per heavy atom. The largest absolute Gasteiger partial charge is 0.250 e. The first kappa shape index (κ1) is 9.73. The van der Waals surface area contributed by atoms with Crippen LogP contribution < -0.4 is 0 Å². The molecule has 1 radical (unpaired) electrons. The first-order valence-corrected chi connectivity index (χ1v) is 4.08. The highest BCUT2D eigenvalue weighted by molar-refractivity contribution is 5.38. The molecule has 1 atom stereocenters. The van der Waals surface area contributed by atoms with E-state index >= 15 is 0 Å². The molecule has 1 aromatic carbocycles. The Kier molecular flexibility index (Phi) is 3.02. The van der Waals surface area contributed by atoms with Crippen LogP contribution in [0.15, 0.2) is 18.2 Å². The normalized spacial score (nSPS) is 12.2. The fourth-order valence-corrected chi connectivity index (χ4v) is 1.20. The molecule has 1 aromatic rings. The molecule has 0 N–H and O–H groups in total. The molecule has 0 saturated heterocycles. The number of nitriles is 1. The van der Waals surface area contributed by atoms with E-state index in [4.69, 9.17) is 5.26 Å². The van der Waals surface area contributed by atoms with Crippen LogP contribution in [0.4, 0.5) is 4.39 Å². The summed E-state index contributed by atoms with van der Waals surface area (Å²) in [5.74, 6) is -0.369. The number of hydrogen-bond donors (Lipinski definition) is 0. The zero-order valence-electron chi connectivity index (χ0n) is 7.55. The van der Waals surface area contributed by atoms with Crippen LogP contribution >= 0.6 is 0 Å². The summed E-state index contributed by atoms with van der Waals surface area (Å²) in [5.41, 5.74) is 2.33. The zero-order chi connectivity index (χ0) is 9.84. The molecule has 0 bridgehead atoms. The molecule has 67 valence electrons. The van der Waals surface area contributed by atoms with E-state index < -0.39 is 6.67 Å². The Morgan fingerprint density at radius 1 is 1.54 bits per heavy atom. The van der Waals surface area contributed by atoms with E-state index in [0.29, 0.717) is 5.56 Å². The summed E-state index contributed by atoms with van der Waals surface area (Å²) in [7, 11) is 0. The van der Waals surface area contributed by atoms with E-state index in [1.807, 2.05) is 19.1 Å². The number of aryl methyl sites for hydroxylation is 1. The third-order valence-corrected chi connectivity index (χ3v) is 1.89. The van der Waals surface area contributed by atoms with E-state index in [1.54, 1.807) is 12.1 Å². The van der Waals surface area contributed by atoms with Gasteiger partial charge in [0.2, 0.25) is 0 Å². The predicted octanol–water partition coefficient (Wildman–Crippen LogP) is 2.75. The molecular weight excluding hydrogens is 165 g/mol. The second-order valence-electron chi connectivity index (χ2n) is 3.10. The van der Waals surface area contributed by atoms with E-state index in [0.717, 1.165) is 11.1 Å².